The summed E-state index contributed by atoms with van der Waals surface area (Å²) in [4.78, 5) is 0. The summed E-state index contributed by atoms with van der Waals surface area (Å²) in [6.07, 6.45) is 0.939. The lowest BCUT2D eigenvalue weighted by Crippen LogP contribution is -2.46. The Hall–Kier alpha value is -1.13. The molecule has 0 spiro atoms. The van der Waals surface area contributed by atoms with Crippen molar-refractivity contribution in [3.8, 4) is 0 Å². The van der Waals surface area contributed by atoms with Crippen molar-refractivity contribution in [2.75, 3.05) is 18.5 Å². The molecule has 2 aliphatic heterocycles. The number of ether oxygens (including phenoxy) is 1. The molecule has 3 nitrogen and oxygen atoms in total. The van der Waals surface area contributed by atoms with Crippen molar-refractivity contribution in [2.45, 2.75) is 18.5 Å². The predicted octanol–water partition coefficient (Wildman–Crippen LogP) is 1.66. The number of nitrogens with one attached hydrogen (secondary N) is 1. The number of rotatable bonds is 0. The minimum atomic E-state index is -0.219. The third kappa shape index (κ3) is 1.49. The molecule has 86 valence electrons. The van der Waals surface area contributed by atoms with Gasteiger partial charge in [0.1, 0.15) is 5.82 Å². The first-order valence-corrected chi connectivity index (χ1v) is 5.65. The van der Waals surface area contributed by atoms with E-state index in [1.54, 1.807) is 6.07 Å². The van der Waals surface area contributed by atoms with Crippen molar-refractivity contribution in [3.05, 3.63) is 29.6 Å². The lowest BCUT2D eigenvalue weighted by molar-refractivity contribution is 0.0342. The molecular weight excluding hydrogens is 207 g/mol. The minimum Gasteiger partial charge on any atom is -0.381 e. The van der Waals surface area contributed by atoms with Gasteiger partial charge in [-0.3, -0.25) is 0 Å². The summed E-state index contributed by atoms with van der Waals surface area (Å²) in [5, 5.41) is 3.37. The molecule has 16 heavy (non-hydrogen) atoms. The summed E-state index contributed by atoms with van der Waals surface area (Å²) >= 11 is 0. The van der Waals surface area contributed by atoms with Crippen LogP contribution in [0.3, 0.4) is 0 Å². The topological polar surface area (TPSA) is 47.3 Å². The molecule has 0 aromatic heterocycles. The zero-order valence-corrected chi connectivity index (χ0v) is 8.95. The summed E-state index contributed by atoms with van der Waals surface area (Å²) < 4.78 is 18.6. The first kappa shape index (κ1) is 10.1. The molecule has 0 saturated carbocycles. The summed E-state index contributed by atoms with van der Waals surface area (Å²) in [5.41, 5.74) is 8.05. The third-order valence-corrected chi connectivity index (χ3v) is 3.58. The minimum absolute atomic E-state index is 0.0536. The first-order valence-electron chi connectivity index (χ1n) is 5.65. The Bertz CT molecular complexity index is 410. The van der Waals surface area contributed by atoms with Gasteiger partial charge in [-0.05, 0) is 24.1 Å². The van der Waals surface area contributed by atoms with Gasteiger partial charge < -0.3 is 15.8 Å². The van der Waals surface area contributed by atoms with Gasteiger partial charge in [-0.2, -0.15) is 0 Å². The number of anilines is 1. The second kappa shape index (κ2) is 3.71. The van der Waals surface area contributed by atoms with Gasteiger partial charge in [-0.1, -0.05) is 6.07 Å². The molecule has 3 rings (SSSR count). The van der Waals surface area contributed by atoms with Gasteiger partial charge in [0, 0.05) is 30.3 Å². The van der Waals surface area contributed by atoms with Crippen LogP contribution in [0.15, 0.2) is 18.2 Å². The van der Waals surface area contributed by atoms with Crippen LogP contribution < -0.4 is 11.1 Å². The average Bonchev–Trinajstić information content (AvgIpc) is 2.29. The number of hydrogen-bond donors (Lipinski definition) is 2. The lowest BCUT2D eigenvalue weighted by Gasteiger charge is -2.41. The third-order valence-electron chi connectivity index (χ3n) is 3.58. The highest BCUT2D eigenvalue weighted by atomic mass is 19.1. The smallest absolute Gasteiger partial charge is 0.125 e. The molecule has 4 heteroatoms. The molecule has 1 aromatic rings. The molecule has 0 bridgehead atoms. The maximum Gasteiger partial charge on any atom is 0.125 e. The quantitative estimate of drug-likeness (QED) is 0.701. The van der Waals surface area contributed by atoms with E-state index in [1.807, 2.05) is 0 Å². The van der Waals surface area contributed by atoms with Gasteiger partial charge in [0.05, 0.1) is 6.61 Å². The Kier molecular flexibility index (Phi) is 2.33. The highest BCUT2D eigenvalue weighted by Crippen LogP contribution is 2.38. The van der Waals surface area contributed by atoms with E-state index in [9.17, 15) is 4.39 Å². The van der Waals surface area contributed by atoms with Crippen molar-refractivity contribution in [3.63, 3.8) is 0 Å². The SMILES string of the molecule is NC1c2ccc(F)cc2NC2CCOCC21. The Morgan fingerprint density at radius 2 is 2.31 bits per heavy atom. The molecule has 0 amide bonds. The van der Waals surface area contributed by atoms with E-state index >= 15 is 0 Å². The fourth-order valence-corrected chi connectivity index (χ4v) is 2.67. The standard InChI is InChI=1S/C12H15FN2O/c13-7-1-2-8-11(5-7)15-10-3-4-16-6-9(10)12(8)14/h1-2,5,9-10,12,15H,3-4,6,14H2. The first-order chi connectivity index (χ1) is 7.75. The van der Waals surface area contributed by atoms with Gasteiger partial charge in [0.2, 0.25) is 0 Å². The van der Waals surface area contributed by atoms with E-state index in [0.717, 1.165) is 24.3 Å². The predicted molar refractivity (Wildman–Crippen MR) is 59.7 cm³/mol. The van der Waals surface area contributed by atoms with Crippen LogP contribution in [0.2, 0.25) is 0 Å². The van der Waals surface area contributed by atoms with Gasteiger partial charge in [0.25, 0.3) is 0 Å². The Labute approximate surface area is 93.8 Å². The van der Waals surface area contributed by atoms with Crippen LogP contribution in [-0.2, 0) is 4.74 Å². The van der Waals surface area contributed by atoms with Crippen LogP contribution in [0.4, 0.5) is 10.1 Å². The van der Waals surface area contributed by atoms with Crippen molar-refractivity contribution >= 4 is 5.69 Å². The van der Waals surface area contributed by atoms with E-state index in [0.29, 0.717) is 18.6 Å². The average molecular weight is 222 g/mol. The monoisotopic (exact) mass is 222 g/mol. The van der Waals surface area contributed by atoms with Gasteiger partial charge in [-0.25, -0.2) is 4.39 Å². The van der Waals surface area contributed by atoms with Crippen molar-refractivity contribution in [2.24, 2.45) is 11.7 Å². The molecule has 0 aliphatic carbocycles. The zero-order chi connectivity index (χ0) is 11.1. The van der Waals surface area contributed by atoms with Crippen LogP contribution >= 0.6 is 0 Å². The van der Waals surface area contributed by atoms with E-state index in [1.165, 1.54) is 12.1 Å². The summed E-state index contributed by atoms with van der Waals surface area (Å²) in [6.45, 7) is 1.45. The largest absolute Gasteiger partial charge is 0.381 e. The van der Waals surface area contributed by atoms with Crippen LogP contribution in [0.25, 0.3) is 0 Å². The molecule has 2 heterocycles. The molecule has 1 aromatic carbocycles. The van der Waals surface area contributed by atoms with E-state index in [4.69, 9.17) is 10.5 Å². The van der Waals surface area contributed by atoms with Crippen molar-refractivity contribution in [1.82, 2.24) is 0 Å². The number of hydrogen-bond acceptors (Lipinski definition) is 3. The molecule has 3 N–H and O–H groups in total. The van der Waals surface area contributed by atoms with E-state index in [-0.39, 0.29) is 11.9 Å². The Balaban J connectivity index is 1.99. The Morgan fingerprint density at radius 3 is 3.19 bits per heavy atom. The second-order valence-electron chi connectivity index (χ2n) is 4.54. The molecule has 0 radical (unpaired) electrons. The molecule has 3 atom stereocenters. The second-order valence-corrected chi connectivity index (χ2v) is 4.54. The molecule has 1 fully saturated rings. The van der Waals surface area contributed by atoms with Gasteiger partial charge in [0.15, 0.2) is 0 Å². The van der Waals surface area contributed by atoms with Crippen LogP contribution in [0.5, 0.6) is 0 Å². The number of fused-ring (bicyclic) bond motifs is 2. The number of halogens is 1. The van der Waals surface area contributed by atoms with Crippen molar-refractivity contribution < 1.29 is 9.13 Å². The molecule has 2 aliphatic rings. The number of nitrogens with two attached hydrogens (primary N) is 1. The maximum absolute atomic E-state index is 13.1. The summed E-state index contributed by atoms with van der Waals surface area (Å²) in [7, 11) is 0. The lowest BCUT2D eigenvalue weighted by atomic mass is 9.81. The van der Waals surface area contributed by atoms with Crippen LogP contribution in [0.1, 0.15) is 18.0 Å². The maximum atomic E-state index is 13.1. The van der Waals surface area contributed by atoms with Gasteiger partial charge >= 0.3 is 0 Å². The summed E-state index contributed by atoms with van der Waals surface area (Å²) in [6, 6.07) is 5.03. The van der Waals surface area contributed by atoms with Crippen LogP contribution in [0, 0.1) is 11.7 Å². The fourth-order valence-electron chi connectivity index (χ4n) is 2.67. The van der Waals surface area contributed by atoms with Gasteiger partial charge in [-0.15, -0.1) is 0 Å². The zero-order valence-electron chi connectivity index (χ0n) is 8.95. The highest BCUT2D eigenvalue weighted by Gasteiger charge is 2.36. The van der Waals surface area contributed by atoms with Crippen LogP contribution in [-0.4, -0.2) is 19.3 Å². The van der Waals surface area contributed by atoms with E-state index < -0.39 is 0 Å². The summed E-state index contributed by atoms with van der Waals surface area (Å²) in [5.74, 6) is 0.0793. The van der Waals surface area contributed by atoms with Crippen molar-refractivity contribution in [1.29, 1.82) is 0 Å². The van der Waals surface area contributed by atoms with E-state index in [2.05, 4.69) is 5.32 Å². The highest BCUT2D eigenvalue weighted by molar-refractivity contribution is 5.56. The Morgan fingerprint density at radius 1 is 1.44 bits per heavy atom. The fraction of sp³-hybridized carbons (Fsp3) is 0.500. The molecular formula is C12H15FN2O. The number of benzene rings is 1. The normalized spacial score (nSPS) is 32.5. The molecule has 1 saturated heterocycles. The molecule has 3 unspecified atom stereocenters.